The van der Waals surface area contributed by atoms with E-state index in [1.807, 2.05) is 0 Å². The first kappa shape index (κ1) is 23.0. The quantitative estimate of drug-likeness (QED) is 0.585. The number of benzene rings is 2. The van der Waals surface area contributed by atoms with Crippen molar-refractivity contribution in [3.05, 3.63) is 71.2 Å². The predicted octanol–water partition coefficient (Wildman–Crippen LogP) is 3.96. The summed E-state index contributed by atoms with van der Waals surface area (Å²) >= 11 is 1.47. The van der Waals surface area contributed by atoms with Gasteiger partial charge in [-0.2, -0.15) is 0 Å². The van der Waals surface area contributed by atoms with Gasteiger partial charge in [0.2, 0.25) is 0 Å². The van der Waals surface area contributed by atoms with Gasteiger partial charge in [0.05, 0.1) is 6.20 Å². The lowest BCUT2D eigenvalue weighted by molar-refractivity contribution is 0.0913. The van der Waals surface area contributed by atoms with E-state index in [-0.39, 0.29) is 11.9 Å². The van der Waals surface area contributed by atoms with Crippen molar-refractivity contribution in [1.29, 1.82) is 0 Å². The average molecular weight is 476 g/mol. The fraction of sp³-hybridized carbons (Fsp3) is 0.407. The molecule has 0 aliphatic carbocycles. The van der Waals surface area contributed by atoms with Gasteiger partial charge in [-0.05, 0) is 49.7 Å². The van der Waals surface area contributed by atoms with Gasteiger partial charge in [0.1, 0.15) is 9.88 Å². The molecule has 0 atom stereocenters. The minimum atomic E-state index is -0.000633. The van der Waals surface area contributed by atoms with Crippen molar-refractivity contribution in [2.24, 2.45) is 0 Å². The van der Waals surface area contributed by atoms with Crippen LogP contribution in [-0.2, 0) is 6.54 Å². The van der Waals surface area contributed by atoms with Crippen molar-refractivity contribution in [1.82, 2.24) is 20.1 Å². The summed E-state index contributed by atoms with van der Waals surface area (Å²) in [5.41, 5.74) is 3.67. The van der Waals surface area contributed by atoms with Crippen molar-refractivity contribution in [3.63, 3.8) is 0 Å². The molecule has 3 aromatic rings. The number of rotatable bonds is 6. The first-order valence-corrected chi connectivity index (χ1v) is 13.0. The van der Waals surface area contributed by atoms with Crippen LogP contribution in [0.15, 0.2) is 60.8 Å². The summed E-state index contributed by atoms with van der Waals surface area (Å²) in [5, 5.41) is 4.13. The first-order valence-electron chi connectivity index (χ1n) is 12.2. The van der Waals surface area contributed by atoms with Crippen LogP contribution in [0.2, 0.25) is 0 Å². The largest absolute Gasteiger partial charge is 0.369 e. The van der Waals surface area contributed by atoms with Crippen LogP contribution in [0.5, 0.6) is 0 Å². The lowest BCUT2D eigenvalue weighted by atomic mass is 10.0. The molecule has 2 aliphatic heterocycles. The maximum Gasteiger partial charge on any atom is 0.263 e. The van der Waals surface area contributed by atoms with Gasteiger partial charge >= 0.3 is 0 Å². The highest BCUT2D eigenvalue weighted by Crippen LogP contribution is 2.28. The fourth-order valence-electron chi connectivity index (χ4n) is 4.73. The van der Waals surface area contributed by atoms with Crippen LogP contribution < -0.4 is 10.2 Å². The highest BCUT2D eigenvalue weighted by atomic mass is 32.1. The molecule has 1 amide bonds. The van der Waals surface area contributed by atoms with Crippen LogP contribution in [0, 0.1) is 0 Å². The van der Waals surface area contributed by atoms with Gasteiger partial charge in [-0.15, -0.1) is 11.3 Å². The number of thiazole rings is 1. The Morgan fingerprint density at radius 2 is 1.68 bits per heavy atom. The molecule has 2 fully saturated rings. The van der Waals surface area contributed by atoms with Crippen molar-refractivity contribution in [3.8, 4) is 10.6 Å². The van der Waals surface area contributed by atoms with Gasteiger partial charge in [0.25, 0.3) is 5.91 Å². The van der Waals surface area contributed by atoms with Gasteiger partial charge in [-0.1, -0.05) is 30.3 Å². The number of piperidine rings is 1. The monoisotopic (exact) mass is 475 g/mol. The van der Waals surface area contributed by atoms with Crippen molar-refractivity contribution < 1.29 is 4.79 Å². The second kappa shape index (κ2) is 10.7. The van der Waals surface area contributed by atoms with Crippen molar-refractivity contribution >= 4 is 22.9 Å². The van der Waals surface area contributed by atoms with E-state index in [4.69, 9.17) is 0 Å². The van der Waals surface area contributed by atoms with Gasteiger partial charge in [-0.3, -0.25) is 9.69 Å². The summed E-state index contributed by atoms with van der Waals surface area (Å²) in [6, 6.07) is 19.4. The maximum absolute atomic E-state index is 12.9. The number of piperazine rings is 1. The number of likely N-dealkylation sites (tertiary alicyclic amines) is 1. The minimum Gasteiger partial charge on any atom is -0.369 e. The summed E-state index contributed by atoms with van der Waals surface area (Å²) in [6.45, 7) is 7.30. The molecule has 0 radical (unpaired) electrons. The number of hydrogen-bond acceptors (Lipinski definition) is 6. The number of likely N-dealkylation sites (N-methyl/N-ethyl adjacent to an activating group) is 1. The molecule has 0 saturated carbocycles. The molecule has 178 valence electrons. The second-order valence-corrected chi connectivity index (χ2v) is 10.4. The topological polar surface area (TPSA) is 51.7 Å². The smallest absolute Gasteiger partial charge is 0.263 e. The van der Waals surface area contributed by atoms with E-state index in [0.717, 1.165) is 69.2 Å². The zero-order valence-electron chi connectivity index (χ0n) is 19.8. The maximum atomic E-state index is 12.9. The Kier molecular flexibility index (Phi) is 7.23. The first-order chi connectivity index (χ1) is 16.6. The molecule has 34 heavy (non-hydrogen) atoms. The minimum absolute atomic E-state index is 0.000633. The van der Waals surface area contributed by atoms with E-state index >= 15 is 0 Å². The number of nitrogens with zero attached hydrogens (tertiary/aromatic N) is 4. The normalized spacial score (nSPS) is 18.2. The fourth-order valence-corrected chi connectivity index (χ4v) is 5.55. The van der Waals surface area contributed by atoms with Crippen LogP contribution in [0.1, 0.15) is 28.1 Å². The number of aromatic nitrogens is 1. The SMILES string of the molecule is CN1CCN(c2ccc(-c3ncc(C(=O)NC4CCN(Cc5ccccc5)CC4)s3)cc2)CC1. The van der Waals surface area contributed by atoms with E-state index < -0.39 is 0 Å². The predicted molar refractivity (Wildman–Crippen MR) is 139 cm³/mol. The summed E-state index contributed by atoms with van der Waals surface area (Å²) in [6.07, 6.45) is 3.68. The second-order valence-electron chi connectivity index (χ2n) is 9.38. The molecule has 2 saturated heterocycles. The lowest BCUT2D eigenvalue weighted by Gasteiger charge is -2.34. The average Bonchev–Trinajstić information content (AvgIpc) is 3.37. The van der Waals surface area contributed by atoms with Crippen LogP contribution in [-0.4, -0.2) is 73.0 Å². The molecule has 0 spiro atoms. The molecule has 2 aromatic carbocycles. The molecule has 1 aromatic heterocycles. The molecule has 2 aliphatic rings. The van der Waals surface area contributed by atoms with Crippen LogP contribution in [0.25, 0.3) is 10.6 Å². The molecule has 0 bridgehead atoms. The third kappa shape index (κ3) is 5.66. The molecule has 7 heteroatoms. The third-order valence-electron chi connectivity index (χ3n) is 6.88. The number of hydrogen-bond donors (Lipinski definition) is 1. The third-order valence-corrected chi connectivity index (χ3v) is 7.93. The number of carbonyl (C=O) groups is 1. The summed E-state index contributed by atoms with van der Waals surface area (Å²) in [7, 11) is 2.17. The van der Waals surface area contributed by atoms with E-state index in [1.165, 1.54) is 22.6 Å². The molecule has 6 nitrogen and oxygen atoms in total. The van der Waals surface area contributed by atoms with Crippen LogP contribution in [0.4, 0.5) is 5.69 Å². The zero-order valence-corrected chi connectivity index (χ0v) is 20.6. The molecule has 1 N–H and O–H groups in total. The van der Waals surface area contributed by atoms with Crippen molar-refractivity contribution in [2.45, 2.75) is 25.4 Å². The van der Waals surface area contributed by atoms with E-state index in [0.29, 0.717) is 4.88 Å². The molecule has 5 rings (SSSR count). The molecule has 3 heterocycles. The van der Waals surface area contributed by atoms with Gasteiger partial charge in [0, 0.05) is 63.1 Å². The summed E-state index contributed by atoms with van der Waals surface area (Å²) in [4.78, 5) is 25.3. The van der Waals surface area contributed by atoms with Gasteiger partial charge in [0.15, 0.2) is 0 Å². The Labute approximate surface area is 206 Å². The Morgan fingerprint density at radius 3 is 2.38 bits per heavy atom. The van der Waals surface area contributed by atoms with Crippen molar-refractivity contribution in [2.75, 3.05) is 51.2 Å². The Bertz CT molecular complexity index is 1070. The highest BCUT2D eigenvalue weighted by Gasteiger charge is 2.22. The molecule has 0 unspecified atom stereocenters. The number of amides is 1. The molecular weight excluding hydrogens is 442 g/mol. The Morgan fingerprint density at radius 1 is 0.971 bits per heavy atom. The van der Waals surface area contributed by atoms with Gasteiger partial charge < -0.3 is 15.1 Å². The molecular formula is C27H33N5OS. The Hall–Kier alpha value is -2.74. The number of anilines is 1. The van der Waals surface area contributed by atoms with Crippen LogP contribution in [0.3, 0.4) is 0 Å². The number of nitrogens with one attached hydrogen (secondary N) is 1. The Balaban J connectivity index is 1.12. The van der Waals surface area contributed by atoms with Crippen LogP contribution >= 0.6 is 11.3 Å². The van der Waals surface area contributed by atoms with E-state index in [9.17, 15) is 4.79 Å². The summed E-state index contributed by atoms with van der Waals surface area (Å²) in [5.74, 6) is -0.000633. The van der Waals surface area contributed by atoms with Gasteiger partial charge in [-0.25, -0.2) is 4.98 Å². The standard InChI is InChI=1S/C27H33N5OS/c1-30-15-17-32(18-16-30)24-9-7-22(8-10-24)27-28-19-25(34-27)26(33)29-23-11-13-31(14-12-23)20-21-5-3-2-4-6-21/h2-10,19,23H,11-18,20H2,1H3,(H,29,33). The van der Waals surface area contributed by atoms with E-state index in [1.54, 1.807) is 6.20 Å². The highest BCUT2D eigenvalue weighted by molar-refractivity contribution is 7.16. The van der Waals surface area contributed by atoms with E-state index in [2.05, 4.69) is 86.6 Å². The number of carbonyl (C=O) groups excluding carboxylic acids is 1. The lowest BCUT2D eigenvalue weighted by Crippen LogP contribution is -2.44. The summed E-state index contributed by atoms with van der Waals surface area (Å²) < 4.78 is 0. The zero-order chi connectivity index (χ0) is 23.3.